The second-order valence-electron chi connectivity index (χ2n) is 9.73. The Morgan fingerprint density at radius 1 is 1.10 bits per heavy atom. The number of alkyl halides is 3. The SMILES string of the molecule is Cc1cc(C(=O)Nc2ccc(C(O)[C@H]3OC[C@](C)(O)[C@@]3(O)C(=O)O)cc2)c(C)n1-c1ccccc1C(F)(F)F. The van der Waals surface area contributed by atoms with Crippen molar-refractivity contribution in [3.8, 4) is 5.69 Å². The molecular weight excluding hydrogens is 521 g/mol. The molecule has 0 radical (unpaired) electrons. The van der Waals surface area contributed by atoms with Crippen molar-refractivity contribution < 1.29 is 47.9 Å². The minimum Gasteiger partial charge on any atom is -0.479 e. The molecule has 9 nitrogen and oxygen atoms in total. The van der Waals surface area contributed by atoms with E-state index >= 15 is 0 Å². The van der Waals surface area contributed by atoms with Crippen molar-refractivity contribution >= 4 is 17.6 Å². The first-order chi connectivity index (χ1) is 18.1. The van der Waals surface area contributed by atoms with Crippen LogP contribution in [0.3, 0.4) is 0 Å². The summed E-state index contributed by atoms with van der Waals surface area (Å²) in [5.74, 6) is -2.34. The highest BCUT2D eigenvalue weighted by Gasteiger charge is 2.65. The van der Waals surface area contributed by atoms with E-state index in [2.05, 4.69) is 5.32 Å². The lowest BCUT2D eigenvalue weighted by atomic mass is 9.79. The summed E-state index contributed by atoms with van der Waals surface area (Å²) in [5.41, 5.74) is -4.55. The van der Waals surface area contributed by atoms with Gasteiger partial charge in [-0.25, -0.2) is 4.79 Å². The van der Waals surface area contributed by atoms with E-state index in [-0.39, 0.29) is 22.5 Å². The highest BCUT2D eigenvalue weighted by Crippen LogP contribution is 2.41. The molecule has 0 aliphatic carbocycles. The molecule has 39 heavy (non-hydrogen) atoms. The number of halogens is 3. The van der Waals surface area contributed by atoms with Crippen molar-refractivity contribution in [2.75, 3.05) is 11.9 Å². The summed E-state index contributed by atoms with van der Waals surface area (Å²) in [6.45, 7) is 3.70. The highest BCUT2D eigenvalue weighted by molar-refractivity contribution is 6.05. The van der Waals surface area contributed by atoms with Crippen LogP contribution in [0.5, 0.6) is 0 Å². The lowest BCUT2D eigenvalue weighted by Gasteiger charge is -2.34. The molecule has 3 aromatic rings. The molecule has 12 heteroatoms. The van der Waals surface area contributed by atoms with Crippen LogP contribution in [0.25, 0.3) is 5.69 Å². The molecule has 1 saturated heterocycles. The minimum absolute atomic E-state index is 0.105. The summed E-state index contributed by atoms with van der Waals surface area (Å²) in [6, 6.07) is 12.1. The van der Waals surface area contributed by atoms with Crippen LogP contribution in [0.15, 0.2) is 54.6 Å². The zero-order valence-corrected chi connectivity index (χ0v) is 21.2. The van der Waals surface area contributed by atoms with Crippen molar-refractivity contribution in [3.05, 3.63) is 82.7 Å². The van der Waals surface area contributed by atoms with Gasteiger partial charge in [-0.3, -0.25) is 4.79 Å². The van der Waals surface area contributed by atoms with Crippen LogP contribution in [-0.4, -0.2) is 60.8 Å². The van der Waals surface area contributed by atoms with Gasteiger partial charge in [0, 0.05) is 17.1 Å². The number of aliphatic hydroxyl groups excluding tert-OH is 1. The number of carboxylic acid groups (broad SMARTS) is 1. The number of nitrogens with zero attached hydrogens (tertiary/aromatic N) is 1. The molecule has 4 atom stereocenters. The zero-order valence-electron chi connectivity index (χ0n) is 21.2. The summed E-state index contributed by atoms with van der Waals surface area (Å²) in [4.78, 5) is 24.7. The molecule has 1 unspecified atom stereocenters. The third-order valence-electron chi connectivity index (χ3n) is 7.03. The number of benzene rings is 2. The Kier molecular flexibility index (Phi) is 7.11. The second-order valence-corrected chi connectivity index (χ2v) is 9.73. The van der Waals surface area contributed by atoms with E-state index < -0.39 is 53.6 Å². The fourth-order valence-electron chi connectivity index (χ4n) is 4.87. The smallest absolute Gasteiger partial charge is 0.418 e. The molecule has 2 aromatic carbocycles. The number of anilines is 1. The maximum absolute atomic E-state index is 13.6. The maximum atomic E-state index is 13.6. The molecule has 1 fully saturated rings. The number of aliphatic hydroxyl groups is 3. The number of carbonyl (C=O) groups excluding carboxylic acids is 1. The summed E-state index contributed by atoms with van der Waals surface area (Å²) >= 11 is 0. The molecule has 1 amide bonds. The van der Waals surface area contributed by atoms with Gasteiger partial charge in [0.1, 0.15) is 17.8 Å². The van der Waals surface area contributed by atoms with E-state index in [4.69, 9.17) is 4.74 Å². The number of carboxylic acids is 1. The van der Waals surface area contributed by atoms with Gasteiger partial charge in [-0.15, -0.1) is 0 Å². The largest absolute Gasteiger partial charge is 0.479 e. The lowest BCUT2D eigenvalue weighted by molar-refractivity contribution is -0.192. The number of aromatic nitrogens is 1. The van der Waals surface area contributed by atoms with E-state index in [1.54, 1.807) is 6.92 Å². The average Bonchev–Trinajstić information content (AvgIpc) is 3.30. The Morgan fingerprint density at radius 2 is 1.72 bits per heavy atom. The molecule has 0 saturated carbocycles. The number of ether oxygens (including phenoxy) is 1. The Balaban J connectivity index is 1.56. The highest BCUT2D eigenvalue weighted by atomic mass is 19.4. The first-order valence-corrected chi connectivity index (χ1v) is 11.8. The van der Waals surface area contributed by atoms with Crippen LogP contribution in [0.2, 0.25) is 0 Å². The monoisotopic (exact) mass is 548 g/mol. The zero-order chi connectivity index (χ0) is 28.9. The van der Waals surface area contributed by atoms with Gasteiger partial charge < -0.3 is 35.0 Å². The average molecular weight is 549 g/mol. The van der Waals surface area contributed by atoms with Gasteiger partial charge in [-0.2, -0.15) is 13.2 Å². The molecule has 4 rings (SSSR count). The molecule has 208 valence electrons. The topological polar surface area (TPSA) is 141 Å². The van der Waals surface area contributed by atoms with Crippen LogP contribution in [0, 0.1) is 13.8 Å². The van der Waals surface area contributed by atoms with Crippen LogP contribution >= 0.6 is 0 Å². The van der Waals surface area contributed by atoms with Gasteiger partial charge in [0.15, 0.2) is 0 Å². The molecule has 0 spiro atoms. The van der Waals surface area contributed by atoms with E-state index in [9.17, 15) is 43.2 Å². The number of nitrogens with one attached hydrogen (secondary N) is 1. The number of amides is 1. The fraction of sp³-hybridized carbons (Fsp3) is 0.333. The predicted octanol–water partition coefficient (Wildman–Crippen LogP) is 3.36. The van der Waals surface area contributed by atoms with Gasteiger partial charge in [-0.1, -0.05) is 24.3 Å². The second kappa shape index (κ2) is 9.79. The summed E-state index contributed by atoms with van der Waals surface area (Å²) < 4.78 is 47.3. The van der Waals surface area contributed by atoms with Crippen molar-refractivity contribution in [1.29, 1.82) is 0 Å². The van der Waals surface area contributed by atoms with E-state index in [1.807, 2.05) is 0 Å². The van der Waals surface area contributed by atoms with Crippen molar-refractivity contribution in [3.63, 3.8) is 0 Å². The molecule has 0 bridgehead atoms. The van der Waals surface area contributed by atoms with Crippen LogP contribution in [-0.2, 0) is 15.7 Å². The first-order valence-electron chi connectivity index (χ1n) is 11.8. The number of hydrogen-bond donors (Lipinski definition) is 5. The van der Waals surface area contributed by atoms with Crippen molar-refractivity contribution in [2.45, 2.75) is 50.4 Å². The minimum atomic E-state index is -4.59. The van der Waals surface area contributed by atoms with E-state index in [1.165, 1.54) is 60.0 Å². The molecule has 1 aliphatic rings. The standard InChI is InChI=1S/C27H27F3N2O7/c1-14-12-18(15(2)32(14)20-7-5-4-6-19(20)27(28,29)30)23(34)31-17-10-8-16(9-11-17)21(33)22-26(38,24(35)36)25(3,37)13-39-22/h4-12,21-22,33,37-38H,13H2,1-3H3,(H,31,34)(H,35,36)/t21?,22-,25+,26+/m1/s1. The lowest BCUT2D eigenvalue weighted by Crippen LogP contribution is -2.61. The molecule has 5 N–H and O–H groups in total. The number of rotatable bonds is 6. The Morgan fingerprint density at radius 3 is 2.31 bits per heavy atom. The first kappa shape index (κ1) is 28.3. The van der Waals surface area contributed by atoms with Crippen molar-refractivity contribution in [2.24, 2.45) is 0 Å². The summed E-state index contributed by atoms with van der Waals surface area (Å²) in [5, 5.41) is 43.8. The van der Waals surface area contributed by atoms with Crippen molar-refractivity contribution in [1.82, 2.24) is 4.57 Å². The van der Waals surface area contributed by atoms with Gasteiger partial charge in [0.2, 0.25) is 5.60 Å². The molecular formula is C27H27F3N2O7. The normalized spacial score (nSPS) is 24.0. The molecule has 1 aliphatic heterocycles. The maximum Gasteiger partial charge on any atom is 0.418 e. The Bertz CT molecular complexity index is 1420. The third kappa shape index (κ3) is 4.80. The van der Waals surface area contributed by atoms with E-state index in [0.717, 1.165) is 13.0 Å². The van der Waals surface area contributed by atoms with Gasteiger partial charge in [-0.05, 0) is 56.7 Å². The number of para-hydroxylation sites is 1. The van der Waals surface area contributed by atoms with Gasteiger partial charge in [0.25, 0.3) is 5.91 Å². The number of carbonyl (C=O) groups is 2. The molecule has 1 aromatic heterocycles. The van der Waals surface area contributed by atoms with Crippen LogP contribution < -0.4 is 5.32 Å². The number of hydrogen-bond acceptors (Lipinski definition) is 6. The molecule has 2 heterocycles. The quantitative estimate of drug-likeness (QED) is 0.318. The Labute approximate surface area is 221 Å². The van der Waals surface area contributed by atoms with Gasteiger partial charge in [0.05, 0.1) is 23.4 Å². The summed E-state index contributed by atoms with van der Waals surface area (Å²) in [7, 11) is 0. The fourth-order valence-corrected chi connectivity index (χ4v) is 4.87. The van der Waals surface area contributed by atoms with Gasteiger partial charge >= 0.3 is 12.1 Å². The summed E-state index contributed by atoms with van der Waals surface area (Å²) in [6.07, 6.45) is -7.89. The van der Waals surface area contributed by atoms with E-state index in [0.29, 0.717) is 11.4 Å². The number of aliphatic carboxylic acids is 1. The Hall–Kier alpha value is -3.71. The third-order valence-corrected chi connectivity index (χ3v) is 7.03. The van der Waals surface area contributed by atoms with Crippen LogP contribution in [0.1, 0.15) is 45.9 Å². The van der Waals surface area contributed by atoms with Crippen LogP contribution in [0.4, 0.5) is 18.9 Å². The number of aryl methyl sites for hydroxylation is 1. The predicted molar refractivity (Wildman–Crippen MR) is 133 cm³/mol.